The van der Waals surface area contributed by atoms with E-state index in [1.165, 1.54) is 0 Å². The second kappa shape index (κ2) is 6.12. The van der Waals surface area contributed by atoms with Crippen molar-refractivity contribution in [3.05, 3.63) is 36.2 Å². The van der Waals surface area contributed by atoms with Gasteiger partial charge in [0.1, 0.15) is 11.9 Å². The number of aromatic nitrogens is 3. The van der Waals surface area contributed by atoms with Crippen molar-refractivity contribution in [1.82, 2.24) is 20.1 Å². The first-order chi connectivity index (χ1) is 11.3. The molecule has 3 heterocycles. The molecular weight excluding hydrogens is 292 g/mol. The van der Waals surface area contributed by atoms with Crippen molar-refractivity contribution in [3.8, 4) is 11.4 Å². The minimum Gasteiger partial charge on any atom is -0.464 e. The van der Waals surface area contributed by atoms with Gasteiger partial charge in [-0.25, -0.2) is 4.98 Å². The fourth-order valence-electron chi connectivity index (χ4n) is 3.47. The van der Waals surface area contributed by atoms with E-state index >= 15 is 0 Å². The Kier molecular flexibility index (Phi) is 3.83. The van der Waals surface area contributed by atoms with Crippen molar-refractivity contribution in [1.29, 1.82) is 0 Å². The van der Waals surface area contributed by atoms with Gasteiger partial charge in [0.15, 0.2) is 5.82 Å². The van der Waals surface area contributed by atoms with E-state index in [-0.39, 0.29) is 12.0 Å². The van der Waals surface area contributed by atoms with Gasteiger partial charge in [-0.15, -0.1) is 0 Å². The third kappa shape index (κ3) is 2.86. The molecule has 0 bridgehead atoms. The van der Waals surface area contributed by atoms with E-state index in [4.69, 9.17) is 4.74 Å². The molecule has 2 aromatic rings. The van der Waals surface area contributed by atoms with Crippen LogP contribution in [0, 0.1) is 0 Å². The molecule has 2 saturated heterocycles. The van der Waals surface area contributed by atoms with Crippen LogP contribution in [0.4, 0.5) is 0 Å². The third-order valence-electron chi connectivity index (χ3n) is 4.80. The molecule has 1 aromatic carbocycles. The number of likely N-dealkylation sites (tertiary alicyclic amines) is 1. The molecule has 0 aliphatic carbocycles. The molecule has 6 nitrogen and oxygen atoms in total. The summed E-state index contributed by atoms with van der Waals surface area (Å²) in [5.74, 6) is 2.03. The van der Waals surface area contributed by atoms with Crippen LogP contribution in [-0.4, -0.2) is 51.8 Å². The minimum atomic E-state index is -0.0607. The summed E-state index contributed by atoms with van der Waals surface area (Å²) in [5, 5.41) is 7.44. The van der Waals surface area contributed by atoms with Crippen molar-refractivity contribution in [3.63, 3.8) is 0 Å². The summed E-state index contributed by atoms with van der Waals surface area (Å²) in [6, 6.07) is 9.96. The third-order valence-corrected chi connectivity index (χ3v) is 4.80. The maximum atomic E-state index is 11.7. The van der Waals surface area contributed by atoms with Crippen LogP contribution in [0.1, 0.15) is 31.0 Å². The van der Waals surface area contributed by atoms with Gasteiger partial charge in [0.05, 0.1) is 6.61 Å². The van der Waals surface area contributed by atoms with Crippen molar-refractivity contribution in [2.45, 2.75) is 31.2 Å². The fraction of sp³-hybridized carbons (Fsp3) is 0.471. The number of ether oxygens (including phenoxy) is 1. The molecular formula is C17H20N4O2. The first-order valence-corrected chi connectivity index (χ1v) is 8.19. The highest BCUT2D eigenvalue weighted by Crippen LogP contribution is 2.29. The SMILES string of the molecule is O=C1OCC[C@H]1N1CCC(c2nc(-c3ccccc3)n[nH]2)CC1. The van der Waals surface area contributed by atoms with Gasteiger partial charge in [0.2, 0.25) is 0 Å². The van der Waals surface area contributed by atoms with Crippen LogP contribution in [0.15, 0.2) is 30.3 Å². The Morgan fingerprint density at radius 2 is 1.91 bits per heavy atom. The molecule has 23 heavy (non-hydrogen) atoms. The van der Waals surface area contributed by atoms with Crippen LogP contribution in [0.5, 0.6) is 0 Å². The average Bonchev–Trinajstić information content (AvgIpc) is 3.25. The lowest BCUT2D eigenvalue weighted by molar-refractivity contribution is -0.142. The van der Waals surface area contributed by atoms with Crippen molar-refractivity contribution in [2.24, 2.45) is 0 Å². The number of carbonyl (C=O) groups excluding carboxylic acids is 1. The van der Waals surface area contributed by atoms with Gasteiger partial charge in [-0.2, -0.15) is 5.10 Å². The lowest BCUT2D eigenvalue weighted by Gasteiger charge is -2.33. The molecule has 120 valence electrons. The zero-order chi connectivity index (χ0) is 15.6. The molecule has 1 aromatic heterocycles. The Morgan fingerprint density at radius 1 is 1.13 bits per heavy atom. The molecule has 1 atom stereocenters. The van der Waals surface area contributed by atoms with Gasteiger partial charge in [0, 0.05) is 17.9 Å². The van der Waals surface area contributed by atoms with Gasteiger partial charge < -0.3 is 4.74 Å². The summed E-state index contributed by atoms with van der Waals surface area (Å²) in [7, 11) is 0. The van der Waals surface area contributed by atoms with Crippen LogP contribution < -0.4 is 0 Å². The second-order valence-electron chi connectivity index (χ2n) is 6.19. The van der Waals surface area contributed by atoms with E-state index in [1.807, 2.05) is 30.3 Å². The molecule has 4 rings (SSSR count). The predicted octanol–water partition coefficient (Wildman–Crippen LogP) is 1.97. The molecule has 0 radical (unpaired) electrons. The van der Waals surface area contributed by atoms with Gasteiger partial charge in [-0.1, -0.05) is 30.3 Å². The molecule has 1 N–H and O–H groups in total. The van der Waals surface area contributed by atoms with Gasteiger partial charge in [-0.05, 0) is 25.9 Å². The summed E-state index contributed by atoms with van der Waals surface area (Å²) in [6.45, 7) is 2.38. The molecule has 2 aliphatic heterocycles. The molecule has 2 fully saturated rings. The summed E-state index contributed by atoms with van der Waals surface area (Å²) in [6.07, 6.45) is 2.81. The lowest BCUT2D eigenvalue weighted by Crippen LogP contribution is -2.43. The number of hydrogen-bond acceptors (Lipinski definition) is 5. The van der Waals surface area contributed by atoms with E-state index in [1.54, 1.807) is 0 Å². The van der Waals surface area contributed by atoms with Crippen LogP contribution in [0.3, 0.4) is 0 Å². The monoisotopic (exact) mass is 312 g/mol. The number of nitrogens with one attached hydrogen (secondary N) is 1. The Bertz CT molecular complexity index is 677. The number of carbonyl (C=O) groups is 1. The highest BCUT2D eigenvalue weighted by atomic mass is 16.5. The van der Waals surface area contributed by atoms with E-state index < -0.39 is 0 Å². The van der Waals surface area contributed by atoms with Crippen LogP contribution >= 0.6 is 0 Å². The maximum absolute atomic E-state index is 11.7. The quantitative estimate of drug-likeness (QED) is 0.877. The van der Waals surface area contributed by atoms with E-state index in [0.29, 0.717) is 12.5 Å². The van der Waals surface area contributed by atoms with Gasteiger partial charge >= 0.3 is 5.97 Å². The van der Waals surface area contributed by atoms with E-state index in [0.717, 1.165) is 49.6 Å². The van der Waals surface area contributed by atoms with Gasteiger partial charge in [0.25, 0.3) is 0 Å². The first-order valence-electron chi connectivity index (χ1n) is 8.19. The number of benzene rings is 1. The normalized spacial score (nSPS) is 23.1. The van der Waals surface area contributed by atoms with Crippen molar-refractivity contribution in [2.75, 3.05) is 19.7 Å². The van der Waals surface area contributed by atoms with Crippen LogP contribution in [0.2, 0.25) is 0 Å². The molecule has 0 saturated carbocycles. The first kappa shape index (κ1) is 14.4. The van der Waals surface area contributed by atoms with Crippen LogP contribution in [0.25, 0.3) is 11.4 Å². The second-order valence-corrected chi connectivity index (χ2v) is 6.19. The van der Waals surface area contributed by atoms with Crippen molar-refractivity contribution >= 4 is 5.97 Å². The van der Waals surface area contributed by atoms with E-state index in [2.05, 4.69) is 20.1 Å². The number of hydrogen-bond donors (Lipinski definition) is 1. The highest BCUT2D eigenvalue weighted by molar-refractivity contribution is 5.77. The molecule has 0 unspecified atom stereocenters. The number of H-pyrrole nitrogens is 1. The van der Waals surface area contributed by atoms with Gasteiger partial charge in [-0.3, -0.25) is 14.8 Å². The smallest absolute Gasteiger partial charge is 0.323 e. The standard InChI is InChI=1S/C17H20N4O2/c22-17-14(8-11-23-17)21-9-6-13(7-10-21)16-18-15(19-20-16)12-4-2-1-3-5-12/h1-5,13-14H,6-11H2,(H,18,19,20)/t14-/m1/s1. The molecule has 2 aliphatic rings. The zero-order valence-electron chi connectivity index (χ0n) is 12.9. The Hall–Kier alpha value is -2.21. The van der Waals surface area contributed by atoms with Crippen LogP contribution in [-0.2, 0) is 9.53 Å². The van der Waals surface area contributed by atoms with Crippen molar-refractivity contribution < 1.29 is 9.53 Å². The molecule has 0 spiro atoms. The largest absolute Gasteiger partial charge is 0.464 e. The minimum absolute atomic E-state index is 0.0365. The predicted molar refractivity (Wildman–Crippen MR) is 84.7 cm³/mol. The Balaban J connectivity index is 1.41. The number of nitrogens with zero attached hydrogens (tertiary/aromatic N) is 3. The number of cyclic esters (lactones) is 1. The summed E-state index contributed by atoms with van der Waals surface area (Å²) in [5.41, 5.74) is 1.03. The molecule has 6 heteroatoms. The number of rotatable bonds is 3. The van der Waals surface area contributed by atoms with E-state index in [9.17, 15) is 4.79 Å². The summed E-state index contributed by atoms with van der Waals surface area (Å²) >= 11 is 0. The highest BCUT2D eigenvalue weighted by Gasteiger charge is 2.35. The Morgan fingerprint density at radius 3 is 2.61 bits per heavy atom. The zero-order valence-corrected chi connectivity index (χ0v) is 12.9. The maximum Gasteiger partial charge on any atom is 0.323 e. The fourth-order valence-corrected chi connectivity index (χ4v) is 3.47. The number of aromatic amines is 1. The number of esters is 1. The molecule has 0 amide bonds. The summed E-state index contributed by atoms with van der Waals surface area (Å²) in [4.78, 5) is 18.6. The Labute approximate surface area is 134 Å². The average molecular weight is 312 g/mol. The summed E-state index contributed by atoms with van der Waals surface area (Å²) < 4.78 is 5.07. The topological polar surface area (TPSA) is 71.1 Å². The number of piperidine rings is 1. The lowest BCUT2D eigenvalue weighted by atomic mass is 9.95.